The van der Waals surface area contributed by atoms with E-state index in [0.29, 0.717) is 0 Å². The monoisotopic (exact) mass is 210 g/mol. The molecule has 0 atom stereocenters. The van der Waals surface area contributed by atoms with Crippen LogP contribution in [0.3, 0.4) is 0 Å². The molecule has 2 aromatic carbocycles. The quantitative estimate of drug-likeness (QED) is 0.532. The molecule has 0 fully saturated rings. The van der Waals surface area contributed by atoms with Crippen LogP contribution in [0, 0.1) is 20.8 Å². The number of furan rings is 1. The van der Waals surface area contributed by atoms with Gasteiger partial charge in [0.15, 0.2) is 0 Å². The first-order chi connectivity index (χ1) is 7.68. The van der Waals surface area contributed by atoms with Gasteiger partial charge in [-0.1, -0.05) is 24.3 Å². The first-order valence-electron chi connectivity index (χ1n) is 5.56. The van der Waals surface area contributed by atoms with Crippen molar-refractivity contribution in [1.29, 1.82) is 0 Å². The van der Waals surface area contributed by atoms with Gasteiger partial charge in [-0.15, -0.1) is 0 Å². The molecule has 0 unspecified atom stereocenters. The van der Waals surface area contributed by atoms with Crippen LogP contribution in [0.2, 0.25) is 0 Å². The Hall–Kier alpha value is -1.76. The summed E-state index contributed by atoms with van der Waals surface area (Å²) in [5, 5.41) is 2.48. The summed E-state index contributed by atoms with van der Waals surface area (Å²) in [5.74, 6) is 0. The lowest BCUT2D eigenvalue weighted by molar-refractivity contribution is 0.665. The Morgan fingerprint density at radius 1 is 0.938 bits per heavy atom. The highest BCUT2D eigenvalue weighted by Gasteiger charge is 2.12. The maximum Gasteiger partial charge on any atom is 0.138 e. The summed E-state index contributed by atoms with van der Waals surface area (Å²) < 4.78 is 5.94. The maximum atomic E-state index is 5.94. The molecule has 3 aromatic rings. The van der Waals surface area contributed by atoms with Crippen LogP contribution in [0.5, 0.6) is 0 Å². The molecule has 0 radical (unpaired) electrons. The lowest BCUT2D eigenvalue weighted by Gasteiger charge is -2.03. The van der Waals surface area contributed by atoms with Crippen LogP contribution in [0.15, 0.2) is 34.7 Å². The Kier molecular flexibility index (Phi) is 1.84. The van der Waals surface area contributed by atoms with Gasteiger partial charge in [0.05, 0.1) is 0 Å². The third-order valence-electron chi connectivity index (χ3n) is 3.35. The number of hydrogen-bond acceptors (Lipinski definition) is 1. The van der Waals surface area contributed by atoms with Crippen LogP contribution in [0.25, 0.3) is 21.9 Å². The number of aryl methyl sites for hydroxylation is 3. The second kappa shape index (κ2) is 3.11. The predicted molar refractivity (Wildman–Crippen MR) is 67.9 cm³/mol. The first-order valence-corrected chi connectivity index (χ1v) is 5.56. The fraction of sp³-hybridized carbons (Fsp3) is 0.200. The molecule has 0 aliphatic heterocycles. The number of benzene rings is 2. The van der Waals surface area contributed by atoms with E-state index in [0.717, 1.165) is 11.2 Å². The van der Waals surface area contributed by atoms with Crippen molar-refractivity contribution in [1.82, 2.24) is 0 Å². The van der Waals surface area contributed by atoms with Crippen molar-refractivity contribution in [2.45, 2.75) is 20.8 Å². The van der Waals surface area contributed by atoms with E-state index >= 15 is 0 Å². The molecular formula is C15H14O. The van der Waals surface area contributed by atoms with Crippen LogP contribution < -0.4 is 0 Å². The van der Waals surface area contributed by atoms with Gasteiger partial charge in [0, 0.05) is 10.8 Å². The summed E-state index contributed by atoms with van der Waals surface area (Å²) >= 11 is 0. The fourth-order valence-corrected chi connectivity index (χ4v) is 2.39. The van der Waals surface area contributed by atoms with Gasteiger partial charge in [-0.25, -0.2) is 0 Å². The molecule has 1 aromatic heterocycles. The fourth-order valence-electron chi connectivity index (χ4n) is 2.39. The summed E-state index contributed by atoms with van der Waals surface area (Å²) in [5.41, 5.74) is 5.86. The molecule has 0 aliphatic carbocycles. The topological polar surface area (TPSA) is 13.1 Å². The third kappa shape index (κ3) is 1.12. The van der Waals surface area contributed by atoms with E-state index in [1.54, 1.807) is 0 Å². The Morgan fingerprint density at radius 2 is 1.69 bits per heavy atom. The van der Waals surface area contributed by atoms with Crippen LogP contribution in [0.1, 0.15) is 16.7 Å². The minimum Gasteiger partial charge on any atom is -0.456 e. The zero-order chi connectivity index (χ0) is 11.3. The molecule has 1 heterocycles. The highest BCUT2D eigenvalue weighted by Crippen LogP contribution is 2.34. The van der Waals surface area contributed by atoms with Crippen molar-refractivity contribution in [3.05, 3.63) is 47.0 Å². The van der Waals surface area contributed by atoms with Crippen molar-refractivity contribution in [3.8, 4) is 0 Å². The Balaban J connectivity index is 2.64. The average Bonchev–Trinajstić information content (AvgIpc) is 2.65. The highest BCUT2D eigenvalue weighted by atomic mass is 16.3. The molecule has 0 spiro atoms. The zero-order valence-corrected chi connectivity index (χ0v) is 9.79. The molecule has 1 nitrogen and oxygen atoms in total. The molecule has 1 heteroatoms. The normalized spacial score (nSPS) is 11.4. The molecule has 0 N–H and O–H groups in total. The van der Waals surface area contributed by atoms with E-state index in [2.05, 4.69) is 39.0 Å². The molecule has 0 saturated heterocycles. The third-order valence-corrected chi connectivity index (χ3v) is 3.35. The second-order valence-corrected chi connectivity index (χ2v) is 4.44. The minimum absolute atomic E-state index is 0.981. The van der Waals surface area contributed by atoms with E-state index in [4.69, 9.17) is 4.42 Å². The smallest absolute Gasteiger partial charge is 0.138 e. The number of hydrogen-bond donors (Lipinski definition) is 0. The predicted octanol–water partition coefficient (Wildman–Crippen LogP) is 4.51. The van der Waals surface area contributed by atoms with E-state index in [9.17, 15) is 0 Å². The molecule has 0 bridgehead atoms. The summed E-state index contributed by atoms with van der Waals surface area (Å²) in [7, 11) is 0. The van der Waals surface area contributed by atoms with Crippen LogP contribution in [-0.4, -0.2) is 0 Å². The van der Waals surface area contributed by atoms with Gasteiger partial charge in [0.2, 0.25) is 0 Å². The molecule has 3 rings (SSSR count). The van der Waals surface area contributed by atoms with Gasteiger partial charge in [-0.2, -0.15) is 0 Å². The standard InChI is InChI=1S/C15H14O/c1-9-8-10(2)14-12-6-4-5-7-13(12)16-15(14)11(9)3/h4-8H,1-3H3. The summed E-state index contributed by atoms with van der Waals surface area (Å²) in [6.07, 6.45) is 0. The lowest BCUT2D eigenvalue weighted by atomic mass is 10.0. The van der Waals surface area contributed by atoms with Crippen molar-refractivity contribution in [3.63, 3.8) is 0 Å². The van der Waals surface area contributed by atoms with Crippen molar-refractivity contribution < 1.29 is 4.42 Å². The van der Waals surface area contributed by atoms with E-state index in [1.807, 2.05) is 12.1 Å². The minimum atomic E-state index is 0.981. The molecule has 0 aliphatic rings. The van der Waals surface area contributed by atoms with E-state index in [1.165, 1.54) is 27.5 Å². The van der Waals surface area contributed by atoms with Crippen LogP contribution in [-0.2, 0) is 0 Å². The Bertz CT molecular complexity index is 689. The van der Waals surface area contributed by atoms with Gasteiger partial charge in [0.1, 0.15) is 11.2 Å². The summed E-state index contributed by atoms with van der Waals surface area (Å²) in [6, 6.07) is 10.5. The van der Waals surface area contributed by atoms with E-state index in [-0.39, 0.29) is 0 Å². The highest BCUT2D eigenvalue weighted by molar-refractivity contribution is 6.07. The number of para-hydroxylation sites is 1. The molecule has 0 amide bonds. The van der Waals surface area contributed by atoms with Gasteiger partial charge >= 0.3 is 0 Å². The number of fused-ring (bicyclic) bond motifs is 3. The van der Waals surface area contributed by atoms with Crippen molar-refractivity contribution >= 4 is 21.9 Å². The SMILES string of the molecule is Cc1cc(C)c2c(oc3ccccc32)c1C. The van der Waals surface area contributed by atoms with E-state index < -0.39 is 0 Å². The number of rotatable bonds is 0. The first kappa shape index (κ1) is 9.46. The molecule has 80 valence electrons. The largest absolute Gasteiger partial charge is 0.456 e. The van der Waals surface area contributed by atoms with Crippen molar-refractivity contribution in [2.75, 3.05) is 0 Å². The van der Waals surface area contributed by atoms with Gasteiger partial charge < -0.3 is 4.42 Å². The van der Waals surface area contributed by atoms with Gasteiger partial charge in [-0.3, -0.25) is 0 Å². The average molecular weight is 210 g/mol. The van der Waals surface area contributed by atoms with Gasteiger partial charge in [-0.05, 0) is 43.5 Å². The Morgan fingerprint density at radius 3 is 2.50 bits per heavy atom. The van der Waals surface area contributed by atoms with Crippen molar-refractivity contribution in [2.24, 2.45) is 0 Å². The van der Waals surface area contributed by atoms with Crippen LogP contribution in [0.4, 0.5) is 0 Å². The lowest BCUT2D eigenvalue weighted by Crippen LogP contribution is -1.84. The van der Waals surface area contributed by atoms with Gasteiger partial charge in [0.25, 0.3) is 0 Å². The Labute approximate surface area is 94.7 Å². The summed E-state index contributed by atoms with van der Waals surface area (Å²) in [6.45, 7) is 6.41. The molecule has 16 heavy (non-hydrogen) atoms. The summed E-state index contributed by atoms with van der Waals surface area (Å²) in [4.78, 5) is 0. The second-order valence-electron chi connectivity index (χ2n) is 4.44. The molecule has 0 saturated carbocycles. The van der Waals surface area contributed by atoms with Crippen LogP contribution >= 0.6 is 0 Å². The maximum absolute atomic E-state index is 5.94. The zero-order valence-electron chi connectivity index (χ0n) is 9.79. The molecular weight excluding hydrogens is 196 g/mol.